The van der Waals surface area contributed by atoms with E-state index in [2.05, 4.69) is 10.2 Å². The molecule has 0 radical (unpaired) electrons. The van der Waals surface area contributed by atoms with Crippen molar-refractivity contribution in [2.75, 3.05) is 23.3 Å². The van der Waals surface area contributed by atoms with Gasteiger partial charge < -0.3 is 10.2 Å². The zero-order chi connectivity index (χ0) is 20.8. The molecule has 3 rings (SSSR count). The maximum Gasteiger partial charge on any atom is 0.331 e. The van der Waals surface area contributed by atoms with Gasteiger partial charge in [0.05, 0.1) is 0 Å². The minimum absolute atomic E-state index is 0.166. The molecule has 1 aromatic carbocycles. The number of hydrogen-bond donors (Lipinski definition) is 1. The van der Waals surface area contributed by atoms with Gasteiger partial charge >= 0.3 is 5.69 Å². The van der Waals surface area contributed by atoms with E-state index in [0.29, 0.717) is 12.2 Å². The van der Waals surface area contributed by atoms with Crippen LogP contribution in [0.1, 0.15) is 38.2 Å². The van der Waals surface area contributed by atoms with Crippen LogP contribution in [0.5, 0.6) is 0 Å². The molecule has 0 bridgehead atoms. The maximum atomic E-state index is 12.4. The number of aryl methyl sites for hydroxylation is 1. The molecular formula is C21H25N5O3. The molecule has 2 aromatic rings. The first kappa shape index (κ1) is 20.4. The van der Waals surface area contributed by atoms with Crippen LogP contribution < -0.4 is 21.5 Å². The first-order chi connectivity index (χ1) is 14.0. The Morgan fingerprint density at radius 1 is 1.10 bits per heavy atom. The van der Waals surface area contributed by atoms with E-state index in [1.165, 1.54) is 36.4 Å². The number of aromatic nitrogens is 2. The Kier molecular flexibility index (Phi) is 6.50. The minimum Gasteiger partial charge on any atom is -0.372 e. The van der Waals surface area contributed by atoms with Crippen LogP contribution >= 0.6 is 0 Å². The fourth-order valence-corrected chi connectivity index (χ4v) is 3.52. The van der Waals surface area contributed by atoms with E-state index in [-0.39, 0.29) is 5.56 Å². The van der Waals surface area contributed by atoms with Gasteiger partial charge in [0.1, 0.15) is 18.2 Å². The average molecular weight is 395 g/mol. The van der Waals surface area contributed by atoms with Crippen molar-refractivity contribution in [3.8, 4) is 6.07 Å². The van der Waals surface area contributed by atoms with Crippen molar-refractivity contribution in [1.29, 1.82) is 5.26 Å². The highest BCUT2D eigenvalue weighted by molar-refractivity contribution is 5.90. The monoisotopic (exact) mass is 395 g/mol. The third-order valence-corrected chi connectivity index (χ3v) is 5.12. The van der Waals surface area contributed by atoms with Gasteiger partial charge in [-0.05, 0) is 44.0 Å². The average Bonchev–Trinajstić information content (AvgIpc) is 3.01. The van der Waals surface area contributed by atoms with Crippen LogP contribution in [0.15, 0.2) is 40.1 Å². The highest BCUT2D eigenvalue weighted by Crippen LogP contribution is 2.21. The minimum atomic E-state index is -0.756. The molecule has 1 aliphatic heterocycles. The number of nitriles is 1. The lowest BCUT2D eigenvalue weighted by Gasteiger charge is -2.22. The SMILES string of the molecule is CCn1cc(C#N)c(=O)n(CC(=O)Nc2ccc(N3CCCCCC3)cc2)c1=O. The fourth-order valence-electron chi connectivity index (χ4n) is 3.52. The van der Waals surface area contributed by atoms with E-state index >= 15 is 0 Å². The van der Waals surface area contributed by atoms with Gasteiger partial charge in [-0.3, -0.25) is 14.2 Å². The highest BCUT2D eigenvalue weighted by atomic mass is 16.2. The van der Waals surface area contributed by atoms with Gasteiger partial charge in [-0.15, -0.1) is 0 Å². The van der Waals surface area contributed by atoms with Crippen molar-refractivity contribution in [3.63, 3.8) is 0 Å². The molecule has 0 atom stereocenters. The molecule has 1 aromatic heterocycles. The lowest BCUT2D eigenvalue weighted by Crippen LogP contribution is -2.43. The lowest BCUT2D eigenvalue weighted by atomic mass is 10.2. The number of amides is 1. The Hall–Kier alpha value is -3.34. The summed E-state index contributed by atoms with van der Waals surface area (Å²) in [6.07, 6.45) is 6.11. The summed E-state index contributed by atoms with van der Waals surface area (Å²) in [6, 6.07) is 9.34. The molecule has 152 valence electrons. The van der Waals surface area contributed by atoms with Crippen LogP contribution in [0.2, 0.25) is 0 Å². The van der Waals surface area contributed by atoms with Gasteiger partial charge in [0.2, 0.25) is 5.91 Å². The van der Waals surface area contributed by atoms with Crippen molar-refractivity contribution in [1.82, 2.24) is 9.13 Å². The summed E-state index contributed by atoms with van der Waals surface area (Å²) in [4.78, 5) is 39.4. The van der Waals surface area contributed by atoms with Gasteiger partial charge in [0.25, 0.3) is 5.56 Å². The largest absolute Gasteiger partial charge is 0.372 e. The van der Waals surface area contributed by atoms with E-state index < -0.39 is 23.7 Å². The topological polar surface area (TPSA) is 100 Å². The summed E-state index contributed by atoms with van der Waals surface area (Å²) in [5, 5.41) is 11.8. The molecule has 2 heterocycles. The summed E-state index contributed by atoms with van der Waals surface area (Å²) in [5.74, 6) is -0.496. The van der Waals surface area contributed by atoms with E-state index in [0.717, 1.165) is 23.3 Å². The van der Waals surface area contributed by atoms with Gasteiger partial charge in [-0.2, -0.15) is 5.26 Å². The molecular weight excluding hydrogens is 370 g/mol. The summed E-state index contributed by atoms with van der Waals surface area (Å²) in [7, 11) is 0. The quantitative estimate of drug-likeness (QED) is 0.834. The predicted molar refractivity (Wildman–Crippen MR) is 111 cm³/mol. The zero-order valence-electron chi connectivity index (χ0n) is 16.6. The Morgan fingerprint density at radius 2 is 1.76 bits per heavy atom. The smallest absolute Gasteiger partial charge is 0.331 e. The van der Waals surface area contributed by atoms with Crippen LogP contribution in [0.4, 0.5) is 11.4 Å². The van der Waals surface area contributed by atoms with Crippen molar-refractivity contribution >= 4 is 17.3 Å². The second-order valence-corrected chi connectivity index (χ2v) is 7.11. The fraction of sp³-hybridized carbons (Fsp3) is 0.429. The van der Waals surface area contributed by atoms with Crippen molar-refractivity contribution in [3.05, 3.63) is 56.9 Å². The van der Waals surface area contributed by atoms with Gasteiger partial charge in [0.15, 0.2) is 0 Å². The second-order valence-electron chi connectivity index (χ2n) is 7.11. The van der Waals surface area contributed by atoms with E-state index in [1.807, 2.05) is 24.3 Å². The Labute approximate surface area is 169 Å². The maximum absolute atomic E-state index is 12.4. The van der Waals surface area contributed by atoms with Gasteiger partial charge in [-0.25, -0.2) is 9.36 Å². The molecule has 29 heavy (non-hydrogen) atoms. The van der Waals surface area contributed by atoms with Crippen molar-refractivity contribution < 1.29 is 4.79 Å². The molecule has 1 N–H and O–H groups in total. The van der Waals surface area contributed by atoms with Crippen LogP contribution in [0.3, 0.4) is 0 Å². The van der Waals surface area contributed by atoms with Crippen molar-refractivity contribution in [2.24, 2.45) is 0 Å². The summed E-state index contributed by atoms with van der Waals surface area (Å²) < 4.78 is 2.03. The molecule has 0 unspecified atom stereocenters. The molecule has 1 aliphatic rings. The number of benzene rings is 1. The van der Waals surface area contributed by atoms with E-state index in [9.17, 15) is 14.4 Å². The number of carbonyl (C=O) groups is 1. The number of nitrogens with one attached hydrogen (secondary N) is 1. The van der Waals surface area contributed by atoms with Crippen molar-refractivity contribution in [2.45, 2.75) is 45.7 Å². The third kappa shape index (κ3) is 4.74. The standard InChI is InChI=1S/C21H25N5O3/c1-2-24-14-16(13-22)20(28)26(21(24)29)15-19(27)23-17-7-9-18(10-8-17)25-11-5-3-4-6-12-25/h7-10,14H,2-6,11-12,15H2,1H3,(H,23,27). The Bertz CT molecular complexity index is 1020. The molecule has 1 saturated heterocycles. The van der Waals surface area contributed by atoms with Crippen LogP contribution in [-0.4, -0.2) is 28.1 Å². The first-order valence-corrected chi connectivity index (χ1v) is 9.92. The molecule has 1 fully saturated rings. The molecule has 1 amide bonds. The predicted octanol–water partition coefficient (Wildman–Crippen LogP) is 1.92. The van der Waals surface area contributed by atoms with E-state index in [4.69, 9.17) is 5.26 Å². The summed E-state index contributed by atoms with van der Waals surface area (Å²) in [5.41, 5.74) is 0.181. The number of anilines is 2. The summed E-state index contributed by atoms with van der Waals surface area (Å²) >= 11 is 0. The van der Waals surface area contributed by atoms with Crippen LogP contribution in [0.25, 0.3) is 0 Å². The van der Waals surface area contributed by atoms with Crippen LogP contribution in [0, 0.1) is 11.3 Å². The molecule has 0 saturated carbocycles. The third-order valence-electron chi connectivity index (χ3n) is 5.12. The molecule has 0 aliphatic carbocycles. The Balaban J connectivity index is 1.72. The second kappa shape index (κ2) is 9.24. The molecule has 8 heteroatoms. The number of hydrogen-bond acceptors (Lipinski definition) is 5. The number of carbonyl (C=O) groups excluding carboxylic acids is 1. The first-order valence-electron chi connectivity index (χ1n) is 9.92. The number of rotatable bonds is 5. The van der Waals surface area contributed by atoms with Crippen LogP contribution in [-0.2, 0) is 17.9 Å². The van der Waals surface area contributed by atoms with Gasteiger partial charge in [-0.1, -0.05) is 12.8 Å². The van der Waals surface area contributed by atoms with Gasteiger partial charge in [0, 0.05) is 37.2 Å². The molecule has 8 nitrogen and oxygen atoms in total. The summed E-state index contributed by atoms with van der Waals surface area (Å²) in [6.45, 7) is 3.65. The highest BCUT2D eigenvalue weighted by Gasteiger charge is 2.14. The lowest BCUT2D eigenvalue weighted by molar-refractivity contribution is -0.116. The molecule has 0 spiro atoms. The van der Waals surface area contributed by atoms with E-state index in [1.54, 1.807) is 13.0 Å². The Morgan fingerprint density at radius 3 is 2.34 bits per heavy atom. The number of nitrogens with zero attached hydrogens (tertiary/aromatic N) is 4. The normalized spacial score (nSPS) is 14.1. The zero-order valence-corrected chi connectivity index (χ0v) is 16.6.